The average molecular weight is 1520 g/mol. The minimum atomic E-state index is -4.96. The second-order valence-electron chi connectivity index (χ2n) is 31.5. The summed E-state index contributed by atoms with van der Waals surface area (Å²) in [6, 6.07) is 0. The molecular formula is C85H166O17P2. The number of ether oxygens (including phenoxy) is 4. The molecule has 0 amide bonds. The first-order chi connectivity index (χ1) is 50.4. The van der Waals surface area contributed by atoms with Crippen LogP contribution < -0.4 is 0 Å². The lowest BCUT2D eigenvalue weighted by Crippen LogP contribution is -2.30. The van der Waals surface area contributed by atoms with Crippen molar-refractivity contribution in [2.45, 2.75) is 471 Å². The molecule has 0 radical (unpaired) electrons. The fourth-order valence-corrected chi connectivity index (χ4v) is 14.8. The van der Waals surface area contributed by atoms with E-state index in [1.807, 2.05) is 0 Å². The van der Waals surface area contributed by atoms with Crippen molar-refractivity contribution in [2.75, 3.05) is 39.6 Å². The number of hydrogen-bond acceptors (Lipinski definition) is 15. The van der Waals surface area contributed by atoms with Gasteiger partial charge in [-0.3, -0.25) is 37.3 Å². The maximum atomic E-state index is 13.1. The molecule has 17 nitrogen and oxygen atoms in total. The van der Waals surface area contributed by atoms with E-state index in [4.69, 9.17) is 37.0 Å². The van der Waals surface area contributed by atoms with Crippen molar-refractivity contribution in [2.24, 2.45) is 11.8 Å². The maximum Gasteiger partial charge on any atom is 0.472 e. The third-order valence-corrected chi connectivity index (χ3v) is 21.9. The van der Waals surface area contributed by atoms with Crippen LogP contribution in [0, 0.1) is 11.8 Å². The van der Waals surface area contributed by atoms with Gasteiger partial charge in [-0.25, -0.2) is 9.13 Å². The summed E-state index contributed by atoms with van der Waals surface area (Å²) >= 11 is 0. The van der Waals surface area contributed by atoms with Gasteiger partial charge in [-0.1, -0.05) is 401 Å². The third-order valence-electron chi connectivity index (χ3n) is 20.0. The van der Waals surface area contributed by atoms with Gasteiger partial charge in [0.1, 0.15) is 19.3 Å². The number of esters is 4. The Morgan fingerprint density at radius 2 is 0.442 bits per heavy atom. The van der Waals surface area contributed by atoms with Gasteiger partial charge in [0.2, 0.25) is 0 Å². The molecule has 0 fully saturated rings. The number of carbonyl (C=O) groups excluding carboxylic acids is 4. The predicted molar refractivity (Wildman–Crippen MR) is 428 cm³/mol. The highest BCUT2D eigenvalue weighted by Gasteiger charge is 2.30. The summed E-state index contributed by atoms with van der Waals surface area (Å²) in [6.45, 7) is 9.63. The monoisotopic (exact) mass is 1520 g/mol. The van der Waals surface area contributed by atoms with Crippen molar-refractivity contribution in [3.8, 4) is 0 Å². The van der Waals surface area contributed by atoms with E-state index in [1.54, 1.807) is 0 Å². The molecule has 0 aromatic rings. The zero-order chi connectivity index (χ0) is 76.4. The SMILES string of the molecule is CCCCCCCCCCCCCCCCCCCCCCCC(=O)OC[C@H](COP(=O)(O)OC[C@@H](O)COP(=O)(O)OC[C@@H](COC(=O)CCCCCCCCCC(C)C)OC(=O)CCCCCCCCCCCCCC)OC(=O)CCCCCCCCCCCCCCCCCCCCC(C)C. The number of phosphoric ester groups is 2. The van der Waals surface area contributed by atoms with Crippen LogP contribution in [-0.2, 0) is 65.4 Å². The Morgan fingerprint density at radius 3 is 0.654 bits per heavy atom. The molecule has 5 atom stereocenters. The van der Waals surface area contributed by atoms with Crippen molar-refractivity contribution in [3.63, 3.8) is 0 Å². The minimum absolute atomic E-state index is 0.107. The van der Waals surface area contributed by atoms with E-state index in [9.17, 15) is 43.2 Å². The number of rotatable bonds is 84. The summed E-state index contributed by atoms with van der Waals surface area (Å²) in [7, 11) is -9.92. The number of carbonyl (C=O) groups is 4. The van der Waals surface area contributed by atoms with Crippen LogP contribution in [0.15, 0.2) is 0 Å². The van der Waals surface area contributed by atoms with Gasteiger partial charge in [-0.15, -0.1) is 0 Å². The zero-order valence-corrected chi connectivity index (χ0v) is 70.1. The number of phosphoric acid groups is 2. The molecule has 19 heteroatoms. The smallest absolute Gasteiger partial charge is 0.462 e. The lowest BCUT2D eigenvalue weighted by molar-refractivity contribution is -0.161. The Balaban J connectivity index is 5.19. The van der Waals surface area contributed by atoms with Crippen molar-refractivity contribution >= 4 is 39.5 Å². The van der Waals surface area contributed by atoms with Crippen LogP contribution in [0.25, 0.3) is 0 Å². The highest BCUT2D eigenvalue weighted by Crippen LogP contribution is 2.45. The lowest BCUT2D eigenvalue weighted by Gasteiger charge is -2.21. The first kappa shape index (κ1) is 102. The van der Waals surface area contributed by atoms with E-state index >= 15 is 0 Å². The topological polar surface area (TPSA) is 237 Å². The van der Waals surface area contributed by atoms with Gasteiger partial charge in [0.25, 0.3) is 0 Å². The summed E-state index contributed by atoms with van der Waals surface area (Å²) in [5.74, 6) is -0.580. The van der Waals surface area contributed by atoms with Crippen molar-refractivity contribution < 1.29 is 80.2 Å². The van der Waals surface area contributed by atoms with Gasteiger partial charge in [0.05, 0.1) is 26.4 Å². The minimum Gasteiger partial charge on any atom is -0.462 e. The van der Waals surface area contributed by atoms with Crippen molar-refractivity contribution in [1.82, 2.24) is 0 Å². The summed E-state index contributed by atoms with van der Waals surface area (Å²) < 4.78 is 68.8. The van der Waals surface area contributed by atoms with E-state index < -0.39 is 97.5 Å². The number of hydrogen-bond donors (Lipinski definition) is 3. The van der Waals surface area contributed by atoms with Gasteiger partial charge >= 0.3 is 39.5 Å². The second kappa shape index (κ2) is 76.4. The van der Waals surface area contributed by atoms with Crippen LogP contribution in [0.2, 0.25) is 0 Å². The Kier molecular flexibility index (Phi) is 75.0. The second-order valence-corrected chi connectivity index (χ2v) is 34.4. The molecule has 0 aliphatic rings. The van der Waals surface area contributed by atoms with Gasteiger partial charge < -0.3 is 33.8 Å². The molecule has 0 heterocycles. The van der Waals surface area contributed by atoms with Gasteiger partial charge in [0.15, 0.2) is 12.2 Å². The fourth-order valence-electron chi connectivity index (χ4n) is 13.2. The quantitative estimate of drug-likeness (QED) is 0.0222. The lowest BCUT2D eigenvalue weighted by atomic mass is 10.0. The van der Waals surface area contributed by atoms with Crippen molar-refractivity contribution in [1.29, 1.82) is 0 Å². The first-order valence-corrected chi connectivity index (χ1v) is 47.0. The molecule has 2 unspecified atom stereocenters. The molecule has 0 saturated carbocycles. The Hall–Kier alpha value is -1.94. The summed E-state index contributed by atoms with van der Waals surface area (Å²) in [6.07, 6.45) is 68.3. The zero-order valence-electron chi connectivity index (χ0n) is 68.3. The van der Waals surface area contributed by atoms with E-state index in [0.29, 0.717) is 31.6 Å². The molecule has 0 bridgehead atoms. The van der Waals surface area contributed by atoms with Crippen LogP contribution in [0.1, 0.15) is 452 Å². The molecular weight excluding hydrogens is 1350 g/mol. The van der Waals surface area contributed by atoms with Crippen LogP contribution in [0.3, 0.4) is 0 Å². The molecule has 0 aromatic heterocycles. The highest BCUT2D eigenvalue weighted by atomic mass is 31.2. The van der Waals surface area contributed by atoms with E-state index in [0.717, 1.165) is 102 Å². The Morgan fingerprint density at radius 1 is 0.260 bits per heavy atom. The van der Waals surface area contributed by atoms with Crippen LogP contribution in [-0.4, -0.2) is 96.7 Å². The molecule has 0 aliphatic carbocycles. The first-order valence-electron chi connectivity index (χ1n) is 44.0. The summed E-state index contributed by atoms with van der Waals surface area (Å²) in [5, 5.41) is 10.7. The number of aliphatic hydroxyl groups is 1. The molecule has 0 aromatic carbocycles. The van der Waals surface area contributed by atoms with Crippen molar-refractivity contribution in [3.05, 3.63) is 0 Å². The molecule has 104 heavy (non-hydrogen) atoms. The fraction of sp³-hybridized carbons (Fsp3) is 0.953. The van der Waals surface area contributed by atoms with Gasteiger partial charge in [0, 0.05) is 25.7 Å². The molecule has 3 N–H and O–H groups in total. The van der Waals surface area contributed by atoms with Gasteiger partial charge in [-0.05, 0) is 37.5 Å². The number of unbranched alkanes of at least 4 members (excludes halogenated alkanes) is 54. The van der Waals surface area contributed by atoms with E-state index in [-0.39, 0.29) is 25.7 Å². The number of aliphatic hydroxyl groups excluding tert-OH is 1. The maximum absolute atomic E-state index is 13.1. The Labute approximate surface area is 638 Å². The summed E-state index contributed by atoms with van der Waals surface area (Å²) in [4.78, 5) is 73.1. The Bertz CT molecular complexity index is 1990. The standard InChI is InChI=1S/C85H166O17P2/c1-7-9-11-13-15-17-19-21-22-23-24-25-26-30-33-36-40-43-49-55-61-67-82(87)95-73-80(101-85(90)70-64-58-51-45-41-37-34-31-28-27-29-32-35-38-42-47-53-59-65-77(3)4)75-99-103(91,92)97-71-79(86)72-98-104(93,94)100-76-81(74-96-83(88)68-62-56-52-46-48-54-60-66-78(5)6)102-84(89)69-63-57-50-44-39-20-18-16-14-12-10-8-2/h77-81,86H,7-76H2,1-6H3,(H,91,92)(H,93,94)/t79-,80-,81-/m1/s1. The van der Waals surface area contributed by atoms with Crippen LogP contribution in [0.5, 0.6) is 0 Å². The largest absolute Gasteiger partial charge is 0.472 e. The van der Waals surface area contributed by atoms with E-state index in [1.165, 1.54) is 263 Å². The molecule has 618 valence electrons. The molecule has 0 saturated heterocycles. The summed E-state index contributed by atoms with van der Waals surface area (Å²) in [5.41, 5.74) is 0. The van der Waals surface area contributed by atoms with Crippen LogP contribution >= 0.6 is 15.6 Å². The molecule has 0 rings (SSSR count). The average Bonchev–Trinajstić information content (AvgIpc) is 0.908. The van der Waals surface area contributed by atoms with Gasteiger partial charge in [-0.2, -0.15) is 0 Å². The molecule has 0 aliphatic heterocycles. The van der Waals surface area contributed by atoms with Crippen LogP contribution in [0.4, 0.5) is 0 Å². The van der Waals surface area contributed by atoms with E-state index in [2.05, 4.69) is 41.5 Å². The normalized spacial score (nSPS) is 13.8. The third kappa shape index (κ3) is 78.2. The predicted octanol–water partition coefficient (Wildman–Crippen LogP) is 25.8. The molecule has 0 spiro atoms. The highest BCUT2D eigenvalue weighted by molar-refractivity contribution is 7.47.